The minimum absolute atomic E-state index is 0.388. The molecule has 84 valence electrons. The molecule has 1 rings (SSSR count). The van der Waals surface area contributed by atoms with Crippen molar-refractivity contribution < 1.29 is 5.11 Å². The zero-order valence-corrected chi connectivity index (χ0v) is 9.88. The van der Waals surface area contributed by atoms with Crippen molar-refractivity contribution in [1.29, 1.82) is 0 Å². The molecule has 0 fully saturated rings. The van der Waals surface area contributed by atoms with Crippen molar-refractivity contribution >= 4 is 0 Å². The van der Waals surface area contributed by atoms with Crippen molar-refractivity contribution in [2.75, 3.05) is 0 Å². The fourth-order valence-electron chi connectivity index (χ4n) is 1.69. The van der Waals surface area contributed by atoms with Gasteiger partial charge in [-0.1, -0.05) is 31.5 Å². The van der Waals surface area contributed by atoms with Crippen LogP contribution in [0, 0.1) is 6.92 Å². The predicted molar refractivity (Wildman–Crippen MR) is 64.1 cm³/mol. The molecule has 0 saturated carbocycles. The van der Waals surface area contributed by atoms with E-state index in [4.69, 9.17) is 0 Å². The number of nitrogens with one attached hydrogen (secondary N) is 1. The molecule has 0 atom stereocenters. The minimum atomic E-state index is 0.388. The van der Waals surface area contributed by atoms with Crippen LogP contribution in [0.4, 0.5) is 0 Å². The van der Waals surface area contributed by atoms with Crippen molar-refractivity contribution in [3.8, 4) is 5.75 Å². The van der Waals surface area contributed by atoms with E-state index < -0.39 is 0 Å². The average Bonchev–Trinajstić information content (AvgIpc) is 2.24. The second kappa shape index (κ2) is 5.76. The second-order valence-corrected chi connectivity index (χ2v) is 4.03. The molecule has 0 saturated heterocycles. The first kappa shape index (κ1) is 12.1. The van der Waals surface area contributed by atoms with Gasteiger partial charge in [0.1, 0.15) is 5.75 Å². The number of rotatable bonds is 5. The summed E-state index contributed by atoms with van der Waals surface area (Å²) in [6.45, 7) is 7.15. The minimum Gasteiger partial charge on any atom is -0.508 e. The van der Waals surface area contributed by atoms with Crippen molar-refractivity contribution in [3.05, 3.63) is 29.3 Å². The summed E-state index contributed by atoms with van der Waals surface area (Å²) in [7, 11) is 0. The molecule has 2 nitrogen and oxygen atoms in total. The SMILES string of the molecule is CCC(CC)NCc1cc(C)ccc1O. The summed E-state index contributed by atoms with van der Waals surface area (Å²) in [5, 5.41) is 13.1. The van der Waals surface area contributed by atoms with Crippen LogP contribution in [0.3, 0.4) is 0 Å². The number of aromatic hydroxyl groups is 1. The molecule has 0 aliphatic rings. The number of phenolic OH excluding ortho intramolecular Hbond substituents is 1. The molecule has 0 aromatic heterocycles. The summed E-state index contributed by atoms with van der Waals surface area (Å²) >= 11 is 0. The lowest BCUT2D eigenvalue weighted by molar-refractivity contribution is 0.447. The van der Waals surface area contributed by atoms with Crippen molar-refractivity contribution in [1.82, 2.24) is 5.32 Å². The first-order valence-corrected chi connectivity index (χ1v) is 5.69. The fraction of sp³-hybridized carbons (Fsp3) is 0.538. The van der Waals surface area contributed by atoms with Crippen molar-refractivity contribution in [3.63, 3.8) is 0 Å². The molecule has 0 bridgehead atoms. The Balaban J connectivity index is 2.60. The van der Waals surface area contributed by atoms with Gasteiger partial charge >= 0.3 is 0 Å². The lowest BCUT2D eigenvalue weighted by Crippen LogP contribution is -2.27. The van der Waals surface area contributed by atoms with Gasteiger partial charge in [-0.3, -0.25) is 0 Å². The van der Waals surface area contributed by atoms with E-state index in [-0.39, 0.29) is 0 Å². The Morgan fingerprint density at radius 2 is 1.93 bits per heavy atom. The lowest BCUT2D eigenvalue weighted by Gasteiger charge is -2.15. The van der Waals surface area contributed by atoms with Gasteiger partial charge < -0.3 is 10.4 Å². The molecule has 0 radical (unpaired) electrons. The largest absolute Gasteiger partial charge is 0.508 e. The Morgan fingerprint density at radius 3 is 2.53 bits per heavy atom. The molecule has 0 amide bonds. The Labute approximate surface area is 92.3 Å². The van der Waals surface area contributed by atoms with Crippen LogP contribution in [0.25, 0.3) is 0 Å². The third kappa shape index (κ3) is 3.56. The van der Waals surface area contributed by atoms with E-state index in [2.05, 4.69) is 19.2 Å². The van der Waals surface area contributed by atoms with Gasteiger partial charge in [0, 0.05) is 18.2 Å². The molecule has 1 aromatic rings. The maximum absolute atomic E-state index is 9.65. The van der Waals surface area contributed by atoms with E-state index >= 15 is 0 Å². The highest BCUT2D eigenvalue weighted by Gasteiger charge is 2.05. The Morgan fingerprint density at radius 1 is 1.27 bits per heavy atom. The zero-order valence-electron chi connectivity index (χ0n) is 9.88. The molecular formula is C13H21NO. The molecular weight excluding hydrogens is 186 g/mol. The van der Waals surface area contributed by atoms with Gasteiger partial charge in [0.2, 0.25) is 0 Å². The highest BCUT2D eigenvalue weighted by atomic mass is 16.3. The molecule has 2 heteroatoms. The number of phenols is 1. The van der Waals surface area contributed by atoms with Crippen LogP contribution in [0.2, 0.25) is 0 Å². The van der Waals surface area contributed by atoms with Crippen LogP contribution < -0.4 is 5.32 Å². The number of benzene rings is 1. The molecule has 1 aromatic carbocycles. The van der Waals surface area contributed by atoms with Crippen molar-refractivity contribution in [2.45, 2.75) is 46.2 Å². The molecule has 0 unspecified atom stereocenters. The van der Waals surface area contributed by atoms with E-state index in [9.17, 15) is 5.11 Å². The maximum Gasteiger partial charge on any atom is 0.120 e. The van der Waals surface area contributed by atoms with Crippen molar-refractivity contribution in [2.24, 2.45) is 0 Å². The fourth-order valence-corrected chi connectivity index (χ4v) is 1.69. The average molecular weight is 207 g/mol. The molecule has 0 heterocycles. The number of aryl methyl sites for hydroxylation is 1. The van der Waals surface area contributed by atoms with E-state index in [0.717, 1.165) is 24.9 Å². The molecule has 0 spiro atoms. The van der Waals surface area contributed by atoms with E-state index in [1.807, 2.05) is 19.1 Å². The molecule has 0 aliphatic heterocycles. The van der Waals surface area contributed by atoms with Crippen LogP contribution in [-0.4, -0.2) is 11.1 Å². The van der Waals surface area contributed by atoms with Gasteiger partial charge in [0.15, 0.2) is 0 Å². The van der Waals surface area contributed by atoms with Gasteiger partial charge in [-0.05, 0) is 25.8 Å². The van der Waals surface area contributed by atoms with E-state index in [1.165, 1.54) is 5.56 Å². The quantitative estimate of drug-likeness (QED) is 0.778. The summed E-state index contributed by atoms with van der Waals surface area (Å²) in [5.41, 5.74) is 2.18. The van der Waals surface area contributed by atoms with Crippen LogP contribution >= 0.6 is 0 Å². The van der Waals surface area contributed by atoms with Gasteiger partial charge in [-0.25, -0.2) is 0 Å². The highest BCUT2D eigenvalue weighted by Crippen LogP contribution is 2.18. The first-order valence-electron chi connectivity index (χ1n) is 5.69. The Kier molecular flexibility index (Phi) is 4.63. The molecule has 0 aliphatic carbocycles. The standard InChI is InChI=1S/C13H21NO/c1-4-12(5-2)14-9-11-8-10(3)6-7-13(11)15/h6-8,12,14-15H,4-5,9H2,1-3H3. The second-order valence-electron chi connectivity index (χ2n) is 4.03. The van der Waals surface area contributed by atoms with E-state index in [1.54, 1.807) is 6.07 Å². The van der Waals surface area contributed by atoms with Gasteiger partial charge in [-0.2, -0.15) is 0 Å². The van der Waals surface area contributed by atoms with E-state index in [0.29, 0.717) is 11.8 Å². The highest BCUT2D eigenvalue weighted by molar-refractivity contribution is 5.35. The van der Waals surface area contributed by atoms with Gasteiger partial charge in [0.05, 0.1) is 0 Å². The normalized spacial score (nSPS) is 10.9. The Hall–Kier alpha value is -1.02. The van der Waals surface area contributed by atoms with Gasteiger partial charge in [-0.15, -0.1) is 0 Å². The summed E-state index contributed by atoms with van der Waals surface area (Å²) in [5.74, 6) is 0.388. The maximum atomic E-state index is 9.65. The summed E-state index contributed by atoms with van der Waals surface area (Å²) in [4.78, 5) is 0. The smallest absolute Gasteiger partial charge is 0.120 e. The number of hydrogen-bond donors (Lipinski definition) is 2. The third-order valence-electron chi connectivity index (χ3n) is 2.80. The summed E-state index contributed by atoms with van der Waals surface area (Å²) in [6, 6.07) is 6.27. The summed E-state index contributed by atoms with van der Waals surface area (Å²) in [6.07, 6.45) is 2.26. The Bertz CT molecular complexity index is 305. The number of hydrogen-bond acceptors (Lipinski definition) is 2. The summed E-state index contributed by atoms with van der Waals surface area (Å²) < 4.78 is 0. The molecule has 2 N–H and O–H groups in total. The van der Waals surface area contributed by atoms with Crippen LogP contribution in [0.5, 0.6) is 5.75 Å². The van der Waals surface area contributed by atoms with Crippen LogP contribution in [0.1, 0.15) is 37.8 Å². The van der Waals surface area contributed by atoms with Crippen LogP contribution in [0.15, 0.2) is 18.2 Å². The van der Waals surface area contributed by atoms with Crippen LogP contribution in [-0.2, 0) is 6.54 Å². The lowest BCUT2D eigenvalue weighted by atomic mass is 10.1. The monoisotopic (exact) mass is 207 g/mol. The third-order valence-corrected chi connectivity index (χ3v) is 2.80. The zero-order chi connectivity index (χ0) is 11.3. The molecule has 15 heavy (non-hydrogen) atoms. The predicted octanol–water partition coefficient (Wildman–Crippen LogP) is 2.98. The van der Waals surface area contributed by atoms with Gasteiger partial charge in [0.25, 0.3) is 0 Å². The topological polar surface area (TPSA) is 32.3 Å². The first-order chi connectivity index (χ1) is 7.17.